The molecule has 0 aliphatic carbocycles. The van der Waals surface area contributed by atoms with Crippen LogP contribution in [0.3, 0.4) is 0 Å². The molecule has 0 saturated heterocycles. The van der Waals surface area contributed by atoms with Gasteiger partial charge in [0, 0.05) is 12.7 Å². The van der Waals surface area contributed by atoms with E-state index in [1.54, 1.807) is 0 Å². The van der Waals surface area contributed by atoms with Crippen molar-refractivity contribution in [1.82, 2.24) is 5.01 Å². The SMILES string of the molecule is Cc1cccc(N2C=NN(C)C2)c1. The minimum absolute atomic E-state index is 0.837. The van der Waals surface area contributed by atoms with E-state index in [2.05, 4.69) is 41.2 Å². The highest BCUT2D eigenvalue weighted by Crippen LogP contribution is 2.16. The second-order valence-electron chi connectivity index (χ2n) is 3.34. The standard InChI is InChI=1S/C10H13N3/c1-9-4-3-5-10(6-9)13-7-11-12(2)8-13/h3-7H,8H2,1-2H3. The van der Waals surface area contributed by atoms with Crippen LogP contribution in [0.25, 0.3) is 0 Å². The zero-order chi connectivity index (χ0) is 9.26. The quantitative estimate of drug-likeness (QED) is 0.646. The summed E-state index contributed by atoms with van der Waals surface area (Å²) in [7, 11) is 1.96. The highest BCUT2D eigenvalue weighted by atomic mass is 15.6. The lowest BCUT2D eigenvalue weighted by Crippen LogP contribution is -2.23. The number of hydrogen-bond donors (Lipinski definition) is 0. The van der Waals surface area contributed by atoms with Gasteiger partial charge in [0.1, 0.15) is 13.0 Å². The smallest absolute Gasteiger partial charge is 0.117 e. The van der Waals surface area contributed by atoms with Gasteiger partial charge < -0.3 is 4.90 Å². The van der Waals surface area contributed by atoms with Gasteiger partial charge in [0.05, 0.1) is 0 Å². The average Bonchev–Trinajstić information content (AvgIpc) is 2.52. The number of hydrazone groups is 1. The summed E-state index contributed by atoms with van der Waals surface area (Å²) in [6.07, 6.45) is 1.86. The summed E-state index contributed by atoms with van der Waals surface area (Å²) in [4.78, 5) is 2.12. The van der Waals surface area contributed by atoms with Gasteiger partial charge in [-0.2, -0.15) is 5.10 Å². The summed E-state index contributed by atoms with van der Waals surface area (Å²) < 4.78 is 0. The predicted octanol–water partition coefficient (Wildman–Crippen LogP) is 1.65. The first-order chi connectivity index (χ1) is 6.25. The Hall–Kier alpha value is -1.51. The highest BCUT2D eigenvalue weighted by molar-refractivity contribution is 5.80. The lowest BCUT2D eigenvalue weighted by Gasteiger charge is -2.16. The molecule has 0 aromatic heterocycles. The van der Waals surface area contributed by atoms with E-state index >= 15 is 0 Å². The van der Waals surface area contributed by atoms with E-state index in [-0.39, 0.29) is 0 Å². The van der Waals surface area contributed by atoms with Crippen molar-refractivity contribution in [2.75, 3.05) is 18.6 Å². The molecule has 2 rings (SSSR count). The van der Waals surface area contributed by atoms with Crippen molar-refractivity contribution in [2.24, 2.45) is 5.10 Å². The van der Waals surface area contributed by atoms with Crippen LogP contribution in [0.4, 0.5) is 5.69 Å². The van der Waals surface area contributed by atoms with Gasteiger partial charge in [-0.1, -0.05) is 12.1 Å². The van der Waals surface area contributed by atoms with E-state index in [0.717, 1.165) is 6.67 Å². The van der Waals surface area contributed by atoms with Gasteiger partial charge in [-0.25, -0.2) is 0 Å². The van der Waals surface area contributed by atoms with Gasteiger partial charge in [0.2, 0.25) is 0 Å². The van der Waals surface area contributed by atoms with Crippen LogP contribution >= 0.6 is 0 Å². The molecule has 1 aromatic carbocycles. The summed E-state index contributed by atoms with van der Waals surface area (Å²) in [6.45, 7) is 2.93. The molecular formula is C10H13N3. The van der Waals surface area contributed by atoms with E-state index in [1.807, 2.05) is 18.4 Å². The number of hydrogen-bond acceptors (Lipinski definition) is 3. The van der Waals surface area contributed by atoms with E-state index in [1.165, 1.54) is 11.3 Å². The Labute approximate surface area is 78.3 Å². The van der Waals surface area contributed by atoms with Crippen LogP contribution in [0.1, 0.15) is 5.56 Å². The molecule has 68 valence electrons. The van der Waals surface area contributed by atoms with Gasteiger partial charge in [0.25, 0.3) is 0 Å². The zero-order valence-electron chi connectivity index (χ0n) is 7.94. The fraction of sp³-hybridized carbons (Fsp3) is 0.300. The molecule has 0 spiro atoms. The maximum Gasteiger partial charge on any atom is 0.117 e. The Morgan fingerprint density at radius 1 is 1.38 bits per heavy atom. The first-order valence-electron chi connectivity index (χ1n) is 4.34. The molecule has 0 atom stereocenters. The summed E-state index contributed by atoms with van der Waals surface area (Å²) in [5.74, 6) is 0. The van der Waals surface area contributed by atoms with Crippen molar-refractivity contribution in [3.63, 3.8) is 0 Å². The fourth-order valence-corrected chi connectivity index (χ4v) is 1.40. The van der Waals surface area contributed by atoms with Crippen LogP contribution in [-0.4, -0.2) is 25.1 Å². The van der Waals surface area contributed by atoms with Crippen molar-refractivity contribution in [3.8, 4) is 0 Å². The lowest BCUT2D eigenvalue weighted by atomic mass is 10.2. The predicted molar refractivity (Wildman–Crippen MR) is 54.8 cm³/mol. The number of rotatable bonds is 1. The molecule has 3 nitrogen and oxygen atoms in total. The molecule has 1 heterocycles. The van der Waals surface area contributed by atoms with Crippen molar-refractivity contribution >= 4 is 12.0 Å². The molecule has 13 heavy (non-hydrogen) atoms. The first kappa shape index (κ1) is 8.10. The third kappa shape index (κ3) is 1.64. The maximum absolute atomic E-state index is 4.16. The van der Waals surface area contributed by atoms with Gasteiger partial charge in [-0.05, 0) is 24.6 Å². The Balaban J connectivity index is 2.22. The molecule has 0 fully saturated rings. The van der Waals surface area contributed by atoms with E-state index < -0.39 is 0 Å². The highest BCUT2D eigenvalue weighted by Gasteiger charge is 2.10. The van der Waals surface area contributed by atoms with Gasteiger partial charge >= 0.3 is 0 Å². The Bertz CT molecular complexity index is 333. The molecule has 0 radical (unpaired) electrons. The van der Waals surface area contributed by atoms with Crippen molar-refractivity contribution in [3.05, 3.63) is 29.8 Å². The number of nitrogens with zero attached hydrogens (tertiary/aromatic N) is 3. The van der Waals surface area contributed by atoms with Crippen molar-refractivity contribution in [1.29, 1.82) is 0 Å². The molecular weight excluding hydrogens is 162 g/mol. The third-order valence-electron chi connectivity index (χ3n) is 2.08. The Morgan fingerprint density at radius 2 is 2.23 bits per heavy atom. The van der Waals surface area contributed by atoms with Crippen LogP contribution in [0, 0.1) is 6.92 Å². The minimum atomic E-state index is 0.837. The van der Waals surface area contributed by atoms with Crippen LogP contribution in [-0.2, 0) is 0 Å². The largest absolute Gasteiger partial charge is 0.311 e. The zero-order valence-corrected chi connectivity index (χ0v) is 7.94. The van der Waals surface area contributed by atoms with Crippen LogP contribution in [0.5, 0.6) is 0 Å². The number of anilines is 1. The van der Waals surface area contributed by atoms with Gasteiger partial charge in [-0.3, -0.25) is 5.01 Å². The van der Waals surface area contributed by atoms with Crippen molar-refractivity contribution in [2.45, 2.75) is 6.92 Å². The molecule has 0 amide bonds. The van der Waals surface area contributed by atoms with E-state index in [9.17, 15) is 0 Å². The lowest BCUT2D eigenvalue weighted by molar-refractivity contribution is 0.393. The molecule has 0 unspecified atom stereocenters. The Kier molecular flexibility index (Phi) is 1.93. The number of aryl methyl sites for hydroxylation is 1. The minimum Gasteiger partial charge on any atom is -0.311 e. The summed E-state index contributed by atoms with van der Waals surface area (Å²) in [6, 6.07) is 8.42. The molecule has 1 aliphatic heterocycles. The van der Waals surface area contributed by atoms with Crippen molar-refractivity contribution < 1.29 is 0 Å². The fourth-order valence-electron chi connectivity index (χ4n) is 1.40. The molecule has 0 bridgehead atoms. The second kappa shape index (κ2) is 3.09. The average molecular weight is 175 g/mol. The molecule has 1 aliphatic rings. The monoisotopic (exact) mass is 175 g/mol. The molecule has 3 heteroatoms. The van der Waals surface area contributed by atoms with Crippen LogP contribution < -0.4 is 4.90 Å². The maximum atomic E-state index is 4.16. The normalized spacial score (nSPS) is 15.5. The topological polar surface area (TPSA) is 18.8 Å². The Morgan fingerprint density at radius 3 is 2.85 bits per heavy atom. The van der Waals surface area contributed by atoms with E-state index in [4.69, 9.17) is 0 Å². The summed E-state index contributed by atoms with van der Waals surface area (Å²) >= 11 is 0. The number of benzene rings is 1. The molecule has 0 N–H and O–H groups in total. The van der Waals surface area contributed by atoms with Gasteiger partial charge in [-0.15, -0.1) is 0 Å². The van der Waals surface area contributed by atoms with Crippen LogP contribution in [0.2, 0.25) is 0 Å². The third-order valence-corrected chi connectivity index (χ3v) is 2.08. The second-order valence-corrected chi connectivity index (χ2v) is 3.34. The van der Waals surface area contributed by atoms with Gasteiger partial charge in [0.15, 0.2) is 0 Å². The summed E-state index contributed by atoms with van der Waals surface area (Å²) in [5, 5.41) is 6.06. The summed E-state index contributed by atoms with van der Waals surface area (Å²) in [5.41, 5.74) is 2.48. The molecule has 0 saturated carbocycles. The molecule has 1 aromatic rings. The first-order valence-corrected chi connectivity index (χ1v) is 4.34. The van der Waals surface area contributed by atoms with E-state index in [0.29, 0.717) is 0 Å². The van der Waals surface area contributed by atoms with Crippen LogP contribution in [0.15, 0.2) is 29.4 Å².